The molecule has 4 aliphatic rings. The molecular weight excluding hydrogens is 1030 g/mol. The maximum Gasteiger partial charge on any atom is 0.333 e. The molecule has 8 nitrogen and oxygen atoms in total. The molecule has 0 bridgehead atoms. The molecule has 4 aliphatic heterocycles. The van der Waals surface area contributed by atoms with Gasteiger partial charge in [-0.3, -0.25) is 0 Å². The van der Waals surface area contributed by atoms with Gasteiger partial charge in [-0.2, -0.15) is 0 Å². The number of hydrogen-bond donors (Lipinski definition) is 0. The number of furan rings is 4. The smallest absolute Gasteiger partial charge is 0.333 e. The first-order valence-corrected chi connectivity index (χ1v) is 29.1. The summed E-state index contributed by atoms with van der Waals surface area (Å²) in [6, 6.07) is 76.1. The average Bonchev–Trinajstić information content (AvgIpc) is 1.96. The van der Waals surface area contributed by atoms with Crippen molar-refractivity contribution in [3.05, 3.63) is 206 Å². The van der Waals surface area contributed by atoms with E-state index in [1.165, 1.54) is 99.4 Å². The van der Waals surface area contributed by atoms with Gasteiger partial charge in [0.05, 0.1) is 43.9 Å². The summed E-state index contributed by atoms with van der Waals surface area (Å²) < 4.78 is 38.9. The molecule has 380 valence electrons. The van der Waals surface area contributed by atoms with Gasteiger partial charge in [0.25, 0.3) is 0 Å². The molecule has 0 saturated carbocycles. The Kier molecular flexibility index (Phi) is 6.49. The van der Waals surface area contributed by atoms with Crippen molar-refractivity contribution < 1.29 is 17.7 Å². The van der Waals surface area contributed by atoms with Crippen LogP contribution in [0.1, 0.15) is 0 Å². The Morgan fingerprint density at radius 1 is 0.262 bits per heavy atom. The molecule has 0 fully saturated rings. The quantitative estimate of drug-likeness (QED) is 0.142. The van der Waals surface area contributed by atoms with Crippen molar-refractivity contribution in [2.75, 3.05) is 0 Å². The SMILES string of the molecule is c1cc2c3c(c1)-n1c4ccc5c6ccccc6oc5c4c4c5c(cc(c41)B3n1c3c-2cccc3c2c1c1cccc3c1n2B1c2c-3cccc2-n2c3ccc4c6ccccc6oc4c3c3c4c(cc1c32)oc1ccccc14)oc1ccccc15. The predicted molar refractivity (Wildman–Crippen MR) is 344 cm³/mol. The monoisotopic (exact) mass is 1060 g/mol. The Morgan fingerprint density at radius 3 is 1.12 bits per heavy atom. The number of rotatable bonds is 0. The summed E-state index contributed by atoms with van der Waals surface area (Å²) in [6.45, 7) is -0.455. The van der Waals surface area contributed by atoms with E-state index in [4.69, 9.17) is 17.7 Å². The summed E-state index contributed by atoms with van der Waals surface area (Å²) in [4.78, 5) is 0. The summed E-state index contributed by atoms with van der Waals surface area (Å²) >= 11 is 0. The number of para-hydroxylation sites is 6. The maximum absolute atomic E-state index is 7.09. The van der Waals surface area contributed by atoms with Crippen molar-refractivity contribution in [1.82, 2.24) is 18.1 Å². The van der Waals surface area contributed by atoms with Crippen LogP contribution in [0, 0.1) is 0 Å². The molecule has 24 rings (SSSR count). The zero-order valence-electron chi connectivity index (χ0n) is 44.2. The van der Waals surface area contributed by atoms with Gasteiger partial charge in [-0.1, -0.05) is 133 Å². The molecule has 0 unspecified atom stereocenters. The first-order chi connectivity index (χ1) is 41.7. The van der Waals surface area contributed by atoms with Gasteiger partial charge in [0.2, 0.25) is 0 Å². The van der Waals surface area contributed by atoms with E-state index in [9.17, 15) is 0 Å². The highest BCUT2D eigenvalue weighted by atomic mass is 16.3. The molecule has 0 spiro atoms. The van der Waals surface area contributed by atoms with Crippen LogP contribution in [-0.4, -0.2) is 31.8 Å². The van der Waals surface area contributed by atoms with E-state index in [1.807, 2.05) is 0 Å². The second kappa shape index (κ2) is 13.3. The van der Waals surface area contributed by atoms with Gasteiger partial charge < -0.3 is 35.8 Å². The molecule has 12 aromatic carbocycles. The molecule has 0 saturated heterocycles. The fourth-order valence-electron chi connectivity index (χ4n) is 17.6. The molecule has 10 heteroatoms. The third kappa shape index (κ3) is 4.21. The Morgan fingerprint density at radius 2 is 0.655 bits per heavy atom. The lowest BCUT2D eigenvalue weighted by Crippen LogP contribution is -2.55. The standard InChI is InChI=1S/C74H34B2N4O4/c1-5-25-53-35(13-1)41-29-31-49-61(73(41)83-53)63-59-43-15-3-7-27-55(43)81-57(59)33-47-71(63)77(49)51-23-11-17-37-39-19-9-21-45-67(39)79(75(47)65(37)51)69-46-22-10-20-40-38-18-12-24-52-66(38)76(80(68(40)46)70(45)69)48-34-58-60(44-16-4-8-28-56(44)82-58)64-62-50(78(52)72(48)64)32-30-42-36-14-2-6-26-54(36)84-74(42)62/h1-34H. The van der Waals surface area contributed by atoms with Crippen LogP contribution in [0.2, 0.25) is 0 Å². The molecule has 0 atom stereocenters. The van der Waals surface area contributed by atoms with Crippen molar-refractivity contribution in [3.8, 4) is 33.6 Å². The largest absolute Gasteiger partial charge is 0.456 e. The van der Waals surface area contributed by atoms with Crippen LogP contribution >= 0.6 is 0 Å². The highest BCUT2D eigenvalue weighted by Crippen LogP contribution is 2.53. The molecular formula is C74H34B2N4O4. The van der Waals surface area contributed by atoms with Crippen molar-refractivity contribution in [2.45, 2.75) is 0 Å². The minimum atomic E-state index is -0.228. The summed E-state index contributed by atoms with van der Waals surface area (Å²) in [5, 5.41) is 15.9. The molecule has 8 aromatic heterocycles. The van der Waals surface area contributed by atoms with Gasteiger partial charge in [0.1, 0.15) is 44.7 Å². The second-order valence-corrected chi connectivity index (χ2v) is 24.0. The zero-order valence-corrected chi connectivity index (χ0v) is 44.2. The predicted octanol–water partition coefficient (Wildman–Crippen LogP) is 16.4. The van der Waals surface area contributed by atoms with Crippen LogP contribution in [0.15, 0.2) is 224 Å². The van der Waals surface area contributed by atoms with Crippen molar-refractivity contribution >= 4 is 200 Å². The molecule has 12 heterocycles. The number of aromatic nitrogens is 4. The topological polar surface area (TPSA) is 72.3 Å². The molecule has 20 aromatic rings. The number of nitrogens with zero attached hydrogens (tertiary/aromatic N) is 4. The van der Waals surface area contributed by atoms with Crippen molar-refractivity contribution in [1.29, 1.82) is 0 Å². The van der Waals surface area contributed by atoms with Crippen LogP contribution in [0.3, 0.4) is 0 Å². The van der Waals surface area contributed by atoms with Gasteiger partial charge in [-0.25, -0.2) is 0 Å². The number of hydrogen-bond acceptors (Lipinski definition) is 4. The summed E-state index contributed by atoms with van der Waals surface area (Å²) in [7, 11) is 0. The molecule has 0 amide bonds. The Balaban J connectivity index is 0.884. The Hall–Kier alpha value is -11.1. The fourth-order valence-corrected chi connectivity index (χ4v) is 17.6. The average molecular weight is 1060 g/mol. The molecule has 0 N–H and O–H groups in total. The van der Waals surface area contributed by atoms with Crippen LogP contribution in [-0.2, 0) is 0 Å². The van der Waals surface area contributed by atoms with E-state index in [2.05, 4.69) is 224 Å². The lowest BCUT2D eigenvalue weighted by Gasteiger charge is -2.34. The van der Waals surface area contributed by atoms with Crippen LogP contribution in [0.4, 0.5) is 0 Å². The van der Waals surface area contributed by atoms with Crippen LogP contribution in [0.25, 0.3) is 198 Å². The van der Waals surface area contributed by atoms with E-state index in [0.717, 1.165) is 120 Å². The summed E-state index contributed by atoms with van der Waals surface area (Å²) in [5.41, 5.74) is 28.9. The van der Waals surface area contributed by atoms with Crippen LogP contribution < -0.4 is 21.9 Å². The first kappa shape index (κ1) is 41.0. The maximum atomic E-state index is 7.09. The Bertz CT molecular complexity index is 6300. The van der Waals surface area contributed by atoms with Crippen molar-refractivity contribution in [2.24, 2.45) is 0 Å². The normalized spacial score (nSPS) is 13.9. The first-order valence-electron chi connectivity index (χ1n) is 29.1. The number of fused-ring (bicyclic) bond motifs is 35. The Labute approximate surface area is 472 Å². The van der Waals surface area contributed by atoms with Gasteiger partial charge >= 0.3 is 13.7 Å². The highest BCUT2D eigenvalue weighted by molar-refractivity contribution is 6.92. The third-order valence-corrected chi connectivity index (χ3v) is 20.5. The third-order valence-electron chi connectivity index (χ3n) is 20.5. The van der Waals surface area contributed by atoms with Gasteiger partial charge in [-0.05, 0) is 106 Å². The molecule has 84 heavy (non-hydrogen) atoms. The van der Waals surface area contributed by atoms with E-state index in [-0.39, 0.29) is 13.7 Å². The second-order valence-electron chi connectivity index (χ2n) is 24.0. The van der Waals surface area contributed by atoms with E-state index < -0.39 is 0 Å². The number of benzene rings is 12. The minimum absolute atomic E-state index is 0.228. The highest BCUT2D eigenvalue weighted by Gasteiger charge is 2.47. The van der Waals surface area contributed by atoms with E-state index in [0.29, 0.717) is 0 Å². The van der Waals surface area contributed by atoms with Gasteiger partial charge in [-0.15, -0.1) is 0 Å². The van der Waals surface area contributed by atoms with E-state index >= 15 is 0 Å². The minimum Gasteiger partial charge on any atom is -0.456 e. The van der Waals surface area contributed by atoms with Crippen molar-refractivity contribution in [3.63, 3.8) is 0 Å². The fraction of sp³-hybridized carbons (Fsp3) is 0. The lowest BCUT2D eigenvalue weighted by atomic mass is 9.45. The van der Waals surface area contributed by atoms with E-state index in [1.54, 1.807) is 0 Å². The summed E-state index contributed by atoms with van der Waals surface area (Å²) in [5.74, 6) is 0. The van der Waals surface area contributed by atoms with Crippen LogP contribution in [0.5, 0.6) is 0 Å². The molecule has 0 radical (unpaired) electrons. The summed E-state index contributed by atoms with van der Waals surface area (Å²) in [6.07, 6.45) is 0. The molecule has 0 aliphatic carbocycles. The van der Waals surface area contributed by atoms with Gasteiger partial charge in [0, 0.05) is 98.2 Å². The zero-order chi connectivity index (χ0) is 53.4. The lowest BCUT2D eigenvalue weighted by molar-refractivity contribution is 0.669. The van der Waals surface area contributed by atoms with Gasteiger partial charge in [0.15, 0.2) is 0 Å².